The van der Waals surface area contributed by atoms with Crippen molar-refractivity contribution in [2.75, 3.05) is 28.4 Å². The minimum Gasteiger partial charge on any atom is -0.465 e. The topological polar surface area (TPSA) is 130 Å². The normalized spacial score (nSPS) is 13.1. The van der Waals surface area contributed by atoms with E-state index < -0.39 is 46.2 Å². The third-order valence-corrected chi connectivity index (χ3v) is 6.33. The molecule has 0 N–H and O–H groups in total. The van der Waals surface area contributed by atoms with Crippen LogP contribution in [0.1, 0.15) is 22.3 Å². The predicted octanol–water partition coefficient (Wildman–Crippen LogP) is 4.06. The lowest BCUT2D eigenvalue weighted by molar-refractivity contribution is -0.139. The lowest BCUT2D eigenvalue weighted by Gasteiger charge is -2.25. The van der Waals surface area contributed by atoms with Crippen LogP contribution in [0.4, 0.5) is 11.4 Å². The molecule has 208 valence electrons. The Morgan fingerprint density at radius 2 is 0.700 bits per heavy atom. The lowest BCUT2D eigenvalue weighted by Crippen LogP contribution is -2.38. The van der Waals surface area contributed by atoms with Crippen LogP contribution in [0.2, 0.25) is 0 Å². The molecule has 0 radical (unpaired) electrons. The van der Waals surface area contributed by atoms with Gasteiger partial charge in [0.25, 0.3) is 0 Å². The van der Waals surface area contributed by atoms with Crippen LogP contribution in [0, 0.1) is 27.7 Å². The molecule has 2 aromatic rings. The second kappa shape index (κ2) is 12.3. The van der Waals surface area contributed by atoms with Crippen molar-refractivity contribution in [3.05, 3.63) is 80.9 Å². The highest BCUT2D eigenvalue weighted by atomic mass is 16.5. The van der Waals surface area contributed by atoms with Crippen molar-refractivity contribution in [2.24, 2.45) is 9.98 Å². The van der Waals surface area contributed by atoms with Crippen LogP contribution in [0.3, 0.4) is 0 Å². The Morgan fingerprint density at radius 1 is 0.475 bits per heavy atom. The zero-order chi connectivity index (χ0) is 29.7. The Kier molecular flexibility index (Phi) is 9.15. The average Bonchev–Trinajstić information content (AvgIpc) is 2.94. The van der Waals surface area contributed by atoms with Gasteiger partial charge in [0, 0.05) is 0 Å². The van der Waals surface area contributed by atoms with Crippen LogP contribution in [-0.4, -0.2) is 63.7 Å². The van der Waals surface area contributed by atoms with Crippen LogP contribution in [0.5, 0.6) is 0 Å². The van der Waals surface area contributed by atoms with Gasteiger partial charge in [-0.2, -0.15) is 0 Å². The largest absolute Gasteiger partial charge is 0.465 e. The predicted molar refractivity (Wildman–Crippen MR) is 148 cm³/mol. The third kappa shape index (κ3) is 5.47. The maximum absolute atomic E-state index is 13.4. The quantitative estimate of drug-likeness (QED) is 0.301. The van der Waals surface area contributed by atoms with Crippen molar-refractivity contribution in [1.82, 2.24) is 0 Å². The molecule has 2 aromatic carbocycles. The van der Waals surface area contributed by atoms with Gasteiger partial charge in [-0.05, 0) is 49.9 Å². The lowest BCUT2D eigenvalue weighted by atomic mass is 9.81. The smallest absolute Gasteiger partial charge is 0.341 e. The maximum atomic E-state index is 13.4. The molecule has 0 aromatic heterocycles. The molecule has 3 rings (SSSR count). The summed E-state index contributed by atoms with van der Waals surface area (Å²) < 4.78 is 20.2. The number of carbonyl (C=O) groups excluding carboxylic acids is 4. The number of para-hydroxylation sites is 2. The monoisotopic (exact) mass is 546 g/mol. The number of carbonyl (C=O) groups is 4. The summed E-state index contributed by atoms with van der Waals surface area (Å²) in [7, 11) is 4.45. The Balaban J connectivity index is 2.69. The van der Waals surface area contributed by atoms with Crippen LogP contribution in [0.15, 0.2) is 68.7 Å². The molecule has 1 aliphatic rings. The summed E-state index contributed by atoms with van der Waals surface area (Å²) in [5, 5.41) is 0. The number of hydrogen-bond acceptors (Lipinski definition) is 10. The van der Waals surface area contributed by atoms with Gasteiger partial charge in [0.1, 0.15) is 22.3 Å². The van der Waals surface area contributed by atoms with Crippen molar-refractivity contribution in [1.29, 1.82) is 0 Å². The molecule has 0 spiro atoms. The maximum Gasteiger partial charge on any atom is 0.341 e. The van der Waals surface area contributed by atoms with Crippen LogP contribution < -0.4 is 0 Å². The molecule has 0 fully saturated rings. The summed E-state index contributed by atoms with van der Waals surface area (Å²) >= 11 is 0. The minimum absolute atomic E-state index is 0.322. The zero-order valence-corrected chi connectivity index (χ0v) is 23.6. The minimum atomic E-state index is -1.01. The molecule has 0 aliphatic heterocycles. The van der Waals surface area contributed by atoms with E-state index in [1.54, 1.807) is 52.0 Å². The first-order valence-electron chi connectivity index (χ1n) is 12.1. The average molecular weight is 547 g/mol. The number of methoxy groups -OCH3 is 4. The summed E-state index contributed by atoms with van der Waals surface area (Å²) in [6.07, 6.45) is 0. The van der Waals surface area contributed by atoms with E-state index in [1.807, 2.05) is 12.1 Å². The molecule has 0 heterocycles. The van der Waals surface area contributed by atoms with E-state index in [9.17, 15) is 19.2 Å². The molecule has 1 aliphatic carbocycles. The van der Waals surface area contributed by atoms with Gasteiger partial charge in [-0.1, -0.05) is 36.4 Å². The molecule has 0 saturated carbocycles. The summed E-state index contributed by atoms with van der Waals surface area (Å²) in [5.74, 6) is -4.04. The number of hydrogen-bond donors (Lipinski definition) is 0. The number of aliphatic imine (C=N–C) groups is 2. The fourth-order valence-electron chi connectivity index (χ4n) is 4.34. The summed E-state index contributed by atoms with van der Waals surface area (Å²) in [6, 6.07) is 10.8. The molecule has 40 heavy (non-hydrogen) atoms. The third-order valence-electron chi connectivity index (χ3n) is 6.33. The van der Waals surface area contributed by atoms with E-state index in [4.69, 9.17) is 18.9 Å². The molecule has 0 bridgehead atoms. The van der Waals surface area contributed by atoms with Gasteiger partial charge >= 0.3 is 23.9 Å². The first-order valence-corrected chi connectivity index (χ1v) is 12.1. The molecular weight excluding hydrogens is 516 g/mol. The first-order chi connectivity index (χ1) is 19.0. The van der Waals surface area contributed by atoms with E-state index in [1.165, 1.54) is 0 Å². The van der Waals surface area contributed by atoms with Gasteiger partial charge in [-0.25, -0.2) is 29.2 Å². The number of esters is 4. The summed E-state index contributed by atoms with van der Waals surface area (Å²) in [6.45, 7) is 7.15. The van der Waals surface area contributed by atoms with E-state index in [0.29, 0.717) is 33.6 Å². The first kappa shape index (κ1) is 29.7. The SMILES string of the molecule is COC(=O)C1=C(C(=O)OC)C(=Nc2c(C)cccc2C)C(C(=O)OC)=C(C(=O)OC)C1=Nc1c(C)cccc1C. The number of ether oxygens (including phenoxy) is 4. The van der Waals surface area contributed by atoms with E-state index in [0.717, 1.165) is 28.4 Å². The molecule has 0 unspecified atom stereocenters. The Labute approximate surface area is 232 Å². The number of nitrogens with zero attached hydrogens (tertiary/aromatic N) is 2. The van der Waals surface area contributed by atoms with Crippen LogP contribution in [-0.2, 0) is 38.1 Å². The zero-order valence-electron chi connectivity index (χ0n) is 23.6. The van der Waals surface area contributed by atoms with Crippen molar-refractivity contribution in [2.45, 2.75) is 27.7 Å². The van der Waals surface area contributed by atoms with Crippen molar-refractivity contribution < 1.29 is 38.1 Å². The molecular formula is C30H30N2O8. The van der Waals surface area contributed by atoms with Gasteiger partial charge in [-0.3, -0.25) is 0 Å². The van der Waals surface area contributed by atoms with Gasteiger partial charge in [0.05, 0.1) is 51.2 Å². The Bertz CT molecular complexity index is 1330. The van der Waals surface area contributed by atoms with E-state index in [-0.39, 0.29) is 11.4 Å². The molecule has 10 heteroatoms. The Morgan fingerprint density at radius 3 is 0.900 bits per heavy atom. The number of rotatable bonds is 6. The standard InChI is InChI=1S/C30H30N2O8/c1-15-11-9-12-16(2)23(15)31-25-19(27(33)37-5)21(29(35)39-7)26(32-24-17(3)13-10-14-18(24)4)22(30(36)40-8)20(25)28(34)38-6/h9-14H,1-8H3. The fourth-order valence-corrected chi connectivity index (χ4v) is 4.34. The van der Waals surface area contributed by atoms with Gasteiger partial charge < -0.3 is 18.9 Å². The van der Waals surface area contributed by atoms with Crippen LogP contribution >= 0.6 is 0 Å². The van der Waals surface area contributed by atoms with Gasteiger partial charge in [0.2, 0.25) is 0 Å². The summed E-state index contributed by atoms with van der Waals surface area (Å²) in [5.41, 5.74) is 1.30. The molecule has 0 saturated heterocycles. The summed E-state index contributed by atoms with van der Waals surface area (Å²) in [4.78, 5) is 62.9. The number of benzene rings is 2. The second-order valence-corrected chi connectivity index (χ2v) is 8.87. The molecule has 10 nitrogen and oxygen atoms in total. The molecule has 0 amide bonds. The van der Waals surface area contributed by atoms with Crippen molar-refractivity contribution in [3.8, 4) is 0 Å². The molecule has 0 atom stereocenters. The number of aryl methyl sites for hydroxylation is 4. The van der Waals surface area contributed by atoms with Gasteiger partial charge in [0.15, 0.2) is 0 Å². The fraction of sp³-hybridized carbons (Fsp3) is 0.267. The highest BCUT2D eigenvalue weighted by Gasteiger charge is 2.45. The second-order valence-electron chi connectivity index (χ2n) is 8.87. The van der Waals surface area contributed by atoms with Crippen LogP contribution in [0.25, 0.3) is 0 Å². The van der Waals surface area contributed by atoms with Gasteiger partial charge in [-0.15, -0.1) is 0 Å². The van der Waals surface area contributed by atoms with E-state index >= 15 is 0 Å². The van der Waals surface area contributed by atoms with E-state index in [2.05, 4.69) is 9.98 Å². The van der Waals surface area contributed by atoms with Crippen molar-refractivity contribution in [3.63, 3.8) is 0 Å². The highest BCUT2D eigenvalue weighted by Crippen LogP contribution is 2.36. The Hall–Kier alpha value is -4.86. The highest BCUT2D eigenvalue weighted by molar-refractivity contribution is 6.52. The van der Waals surface area contributed by atoms with Crippen molar-refractivity contribution >= 4 is 46.7 Å².